The van der Waals surface area contributed by atoms with Crippen LogP contribution in [0.3, 0.4) is 0 Å². The SMILES string of the molecule is CCOC(=O)c1c(NS(=O)(=O)c2ccc(SC)c(C(=O)N3CCCCCC3)c2)sc2c1CCCC2. The maximum absolute atomic E-state index is 13.5. The monoisotopic (exact) mass is 536 g/mol. The first-order chi connectivity index (χ1) is 16.9. The number of hydrogen-bond acceptors (Lipinski definition) is 7. The van der Waals surface area contributed by atoms with Crippen molar-refractivity contribution in [3.8, 4) is 0 Å². The number of thioether (sulfide) groups is 1. The van der Waals surface area contributed by atoms with E-state index in [1.54, 1.807) is 13.0 Å². The molecule has 0 atom stereocenters. The van der Waals surface area contributed by atoms with Gasteiger partial charge in [-0.05, 0) is 75.5 Å². The number of nitrogens with zero attached hydrogens (tertiary/aromatic N) is 1. The predicted octanol–water partition coefficient (Wildman–Crippen LogP) is 5.34. The van der Waals surface area contributed by atoms with Crippen LogP contribution in [-0.4, -0.2) is 51.1 Å². The lowest BCUT2D eigenvalue weighted by Gasteiger charge is -2.22. The predicted molar refractivity (Wildman–Crippen MR) is 140 cm³/mol. The van der Waals surface area contributed by atoms with Gasteiger partial charge in [0.1, 0.15) is 5.00 Å². The maximum atomic E-state index is 13.5. The highest BCUT2D eigenvalue weighted by molar-refractivity contribution is 7.98. The minimum Gasteiger partial charge on any atom is -0.462 e. The molecule has 1 aromatic carbocycles. The van der Waals surface area contributed by atoms with Crippen molar-refractivity contribution in [2.75, 3.05) is 30.7 Å². The van der Waals surface area contributed by atoms with E-state index in [0.717, 1.165) is 66.7 Å². The van der Waals surface area contributed by atoms with E-state index in [-0.39, 0.29) is 17.4 Å². The van der Waals surface area contributed by atoms with Gasteiger partial charge in [0.15, 0.2) is 0 Å². The third-order valence-corrected chi connectivity index (χ3v) is 9.96. The molecule has 0 radical (unpaired) electrons. The van der Waals surface area contributed by atoms with Crippen LogP contribution in [0.2, 0.25) is 0 Å². The summed E-state index contributed by atoms with van der Waals surface area (Å²) in [4.78, 5) is 29.7. The van der Waals surface area contributed by atoms with Crippen molar-refractivity contribution < 1.29 is 22.7 Å². The van der Waals surface area contributed by atoms with Crippen LogP contribution in [0.25, 0.3) is 0 Å². The van der Waals surface area contributed by atoms with Gasteiger partial charge in [-0.1, -0.05) is 12.8 Å². The van der Waals surface area contributed by atoms with Gasteiger partial charge in [-0.2, -0.15) is 0 Å². The number of sulfonamides is 1. The maximum Gasteiger partial charge on any atom is 0.341 e. The normalized spacial score (nSPS) is 16.3. The summed E-state index contributed by atoms with van der Waals surface area (Å²) in [7, 11) is -4.03. The van der Waals surface area contributed by atoms with E-state index in [1.807, 2.05) is 11.2 Å². The fourth-order valence-corrected chi connectivity index (χ4v) is 7.88. The molecule has 1 aliphatic heterocycles. The third kappa shape index (κ3) is 5.70. The first kappa shape index (κ1) is 26.0. The number of benzene rings is 1. The number of nitrogens with one attached hydrogen (secondary N) is 1. The average Bonchev–Trinajstić information content (AvgIpc) is 3.00. The van der Waals surface area contributed by atoms with Crippen molar-refractivity contribution in [1.29, 1.82) is 0 Å². The molecule has 1 aliphatic carbocycles. The van der Waals surface area contributed by atoms with Crippen LogP contribution < -0.4 is 4.72 Å². The Morgan fingerprint density at radius 2 is 1.80 bits per heavy atom. The molecule has 1 saturated heterocycles. The molecule has 1 amide bonds. The van der Waals surface area contributed by atoms with Crippen molar-refractivity contribution in [3.63, 3.8) is 0 Å². The zero-order chi connectivity index (χ0) is 25.0. The summed E-state index contributed by atoms with van der Waals surface area (Å²) < 4.78 is 34.8. The summed E-state index contributed by atoms with van der Waals surface area (Å²) in [5, 5.41) is 0.296. The fraction of sp³-hybridized carbons (Fsp3) is 0.520. The number of esters is 1. The number of hydrogen-bond donors (Lipinski definition) is 1. The van der Waals surface area contributed by atoms with Gasteiger partial charge in [0.2, 0.25) is 0 Å². The van der Waals surface area contributed by atoms with Gasteiger partial charge >= 0.3 is 5.97 Å². The summed E-state index contributed by atoms with van der Waals surface area (Å²) in [6.45, 7) is 3.32. The Morgan fingerprint density at radius 3 is 2.49 bits per heavy atom. The summed E-state index contributed by atoms with van der Waals surface area (Å²) >= 11 is 2.73. The summed E-state index contributed by atoms with van der Waals surface area (Å²) in [6.07, 6.45) is 9.53. The molecular formula is C25H32N2O5S3. The van der Waals surface area contributed by atoms with Gasteiger partial charge < -0.3 is 9.64 Å². The van der Waals surface area contributed by atoms with E-state index in [0.29, 0.717) is 29.2 Å². The quantitative estimate of drug-likeness (QED) is 0.379. The molecule has 0 saturated carbocycles. The molecule has 0 bridgehead atoms. The zero-order valence-electron chi connectivity index (χ0n) is 20.2. The minimum atomic E-state index is -4.03. The van der Waals surface area contributed by atoms with Crippen molar-refractivity contribution in [1.82, 2.24) is 4.90 Å². The Balaban J connectivity index is 1.68. The summed E-state index contributed by atoms with van der Waals surface area (Å²) in [6, 6.07) is 4.68. The molecule has 2 aliphatic rings. The number of anilines is 1. The van der Waals surface area contributed by atoms with Gasteiger partial charge in [-0.15, -0.1) is 23.1 Å². The molecular weight excluding hydrogens is 504 g/mol. The van der Waals surface area contributed by atoms with Gasteiger partial charge in [-0.25, -0.2) is 13.2 Å². The number of rotatable bonds is 7. The van der Waals surface area contributed by atoms with Crippen LogP contribution in [0.4, 0.5) is 5.00 Å². The molecule has 0 unspecified atom stereocenters. The van der Waals surface area contributed by atoms with Crippen molar-refractivity contribution >= 4 is 50.0 Å². The molecule has 190 valence electrons. The van der Waals surface area contributed by atoms with Crippen molar-refractivity contribution in [2.45, 2.75) is 68.1 Å². The smallest absolute Gasteiger partial charge is 0.341 e. The number of ether oxygens (including phenoxy) is 1. The lowest BCUT2D eigenvalue weighted by Crippen LogP contribution is -2.32. The Labute approximate surface area is 215 Å². The summed E-state index contributed by atoms with van der Waals surface area (Å²) in [5.41, 5.74) is 1.63. The number of fused-ring (bicyclic) bond motifs is 1. The van der Waals surface area contributed by atoms with E-state index >= 15 is 0 Å². The lowest BCUT2D eigenvalue weighted by molar-refractivity contribution is 0.0526. The molecule has 2 heterocycles. The van der Waals surface area contributed by atoms with Crippen LogP contribution in [0.5, 0.6) is 0 Å². The second-order valence-electron chi connectivity index (χ2n) is 8.81. The van der Waals surface area contributed by atoms with Crippen LogP contribution in [0.15, 0.2) is 28.0 Å². The average molecular weight is 537 g/mol. The van der Waals surface area contributed by atoms with Gasteiger partial charge in [0, 0.05) is 22.9 Å². The van der Waals surface area contributed by atoms with E-state index in [9.17, 15) is 18.0 Å². The van der Waals surface area contributed by atoms with Crippen molar-refractivity contribution in [2.24, 2.45) is 0 Å². The number of thiophene rings is 1. The lowest BCUT2D eigenvalue weighted by atomic mass is 9.95. The zero-order valence-corrected chi connectivity index (χ0v) is 22.7. The summed E-state index contributed by atoms with van der Waals surface area (Å²) in [5.74, 6) is -0.633. The van der Waals surface area contributed by atoms with Crippen molar-refractivity contribution in [3.05, 3.63) is 39.8 Å². The number of aryl methyl sites for hydroxylation is 1. The highest BCUT2D eigenvalue weighted by atomic mass is 32.2. The molecule has 35 heavy (non-hydrogen) atoms. The molecule has 1 N–H and O–H groups in total. The van der Waals surface area contributed by atoms with Crippen LogP contribution in [0.1, 0.15) is 76.6 Å². The highest BCUT2D eigenvalue weighted by Gasteiger charge is 2.30. The molecule has 1 aromatic heterocycles. The second kappa shape index (κ2) is 11.3. The topological polar surface area (TPSA) is 92.8 Å². The largest absolute Gasteiger partial charge is 0.462 e. The number of amides is 1. The van der Waals surface area contributed by atoms with E-state index in [4.69, 9.17) is 4.74 Å². The van der Waals surface area contributed by atoms with Gasteiger partial charge in [0.25, 0.3) is 15.9 Å². The number of likely N-dealkylation sites (tertiary alicyclic amines) is 1. The van der Waals surface area contributed by atoms with E-state index < -0.39 is 16.0 Å². The molecule has 0 spiro atoms. The second-order valence-corrected chi connectivity index (χ2v) is 12.4. The molecule has 4 rings (SSSR count). The molecule has 1 fully saturated rings. The molecule has 10 heteroatoms. The standard InChI is InChI=1S/C25H32N2O5S3/c1-3-32-25(29)22-18-10-6-7-11-21(18)34-23(22)26-35(30,31)17-12-13-20(33-2)19(16-17)24(28)27-14-8-4-5-9-15-27/h12-13,16,26H,3-11,14-15H2,1-2H3. The highest BCUT2D eigenvalue weighted by Crippen LogP contribution is 2.40. The Kier molecular flexibility index (Phi) is 8.44. The Morgan fingerprint density at radius 1 is 1.09 bits per heavy atom. The minimum absolute atomic E-state index is 0.00894. The van der Waals surface area contributed by atoms with Crippen LogP contribution in [-0.2, 0) is 27.6 Å². The number of carbonyl (C=O) groups is 2. The van der Waals surface area contributed by atoms with E-state index in [2.05, 4.69) is 4.72 Å². The third-order valence-electron chi connectivity index (χ3n) is 6.48. The van der Waals surface area contributed by atoms with Crippen LogP contribution in [0, 0.1) is 0 Å². The molecule has 2 aromatic rings. The number of carbonyl (C=O) groups excluding carboxylic acids is 2. The Bertz CT molecular complexity index is 1200. The van der Waals surface area contributed by atoms with E-state index in [1.165, 1.54) is 35.2 Å². The first-order valence-corrected chi connectivity index (χ1v) is 15.7. The van der Waals surface area contributed by atoms with Gasteiger partial charge in [0.05, 0.1) is 22.6 Å². The fourth-order valence-electron chi connectivity index (χ4n) is 4.70. The Hall–Kier alpha value is -2.04. The molecule has 7 nitrogen and oxygen atoms in total. The van der Waals surface area contributed by atoms with Crippen LogP contribution >= 0.6 is 23.1 Å². The first-order valence-electron chi connectivity index (χ1n) is 12.2. The van der Waals surface area contributed by atoms with Gasteiger partial charge in [-0.3, -0.25) is 9.52 Å².